The molecule has 33 heavy (non-hydrogen) atoms. The Balaban J connectivity index is 1.47. The fourth-order valence-electron chi connectivity index (χ4n) is 6.51. The molecule has 6 nitrogen and oxygen atoms in total. The van der Waals surface area contributed by atoms with Crippen molar-refractivity contribution in [2.75, 3.05) is 7.11 Å². The van der Waals surface area contributed by atoms with E-state index in [1.807, 2.05) is 18.2 Å². The number of aromatic hydroxyl groups is 1. The molecule has 6 heteroatoms. The predicted molar refractivity (Wildman–Crippen MR) is 124 cm³/mol. The van der Waals surface area contributed by atoms with Crippen molar-refractivity contribution in [1.29, 1.82) is 5.26 Å². The van der Waals surface area contributed by atoms with Crippen molar-refractivity contribution < 1.29 is 19.8 Å². The lowest BCUT2D eigenvalue weighted by atomic mass is 9.55. The normalized spacial score (nSPS) is 31.3. The van der Waals surface area contributed by atoms with Crippen LogP contribution in [0.4, 0.5) is 0 Å². The highest BCUT2D eigenvalue weighted by Gasteiger charge is 2.55. The summed E-state index contributed by atoms with van der Waals surface area (Å²) in [5.74, 6) is 1.75. The molecular formula is C27H30N2O4. The van der Waals surface area contributed by atoms with Crippen LogP contribution in [0, 0.1) is 28.6 Å². The van der Waals surface area contributed by atoms with Crippen molar-refractivity contribution in [2.45, 2.75) is 57.7 Å². The number of hydrogen-bond acceptors (Lipinski definition) is 6. The molecule has 2 fully saturated rings. The SMILES string of the molecule is COc1cc2c(cc1O)C(=NOCc1ccc(C#N)cc1)C[C@@H]1[C@@H]2CC[C@]2(C)[C@H](O)CC[C@@H]12. The fourth-order valence-corrected chi connectivity index (χ4v) is 6.51. The van der Waals surface area contributed by atoms with Gasteiger partial charge in [-0.1, -0.05) is 24.2 Å². The number of phenols is 1. The average Bonchev–Trinajstić information content (AvgIpc) is 3.13. The summed E-state index contributed by atoms with van der Waals surface area (Å²) in [6.07, 6.45) is 4.43. The highest BCUT2D eigenvalue weighted by atomic mass is 16.6. The Labute approximate surface area is 194 Å². The first kappa shape index (κ1) is 21.8. The van der Waals surface area contributed by atoms with E-state index in [-0.39, 0.29) is 17.3 Å². The van der Waals surface area contributed by atoms with Crippen molar-refractivity contribution in [3.63, 3.8) is 0 Å². The quantitative estimate of drug-likeness (QED) is 0.654. The van der Waals surface area contributed by atoms with E-state index in [1.54, 1.807) is 25.3 Å². The van der Waals surface area contributed by atoms with Crippen LogP contribution < -0.4 is 4.74 Å². The fraction of sp³-hybridized carbons (Fsp3) is 0.481. The van der Waals surface area contributed by atoms with Crippen molar-refractivity contribution in [3.8, 4) is 17.6 Å². The van der Waals surface area contributed by atoms with Crippen LogP contribution in [0.2, 0.25) is 0 Å². The Morgan fingerprint density at radius 2 is 1.97 bits per heavy atom. The van der Waals surface area contributed by atoms with Gasteiger partial charge in [-0.3, -0.25) is 0 Å². The first-order valence-electron chi connectivity index (χ1n) is 11.7. The van der Waals surface area contributed by atoms with Gasteiger partial charge in [0.15, 0.2) is 11.5 Å². The van der Waals surface area contributed by atoms with E-state index in [0.717, 1.165) is 54.5 Å². The Hall–Kier alpha value is -3.04. The average molecular weight is 447 g/mol. The number of oxime groups is 1. The molecule has 0 aliphatic heterocycles. The van der Waals surface area contributed by atoms with Crippen LogP contribution >= 0.6 is 0 Å². The van der Waals surface area contributed by atoms with Gasteiger partial charge in [0.1, 0.15) is 6.61 Å². The molecule has 0 heterocycles. The molecule has 0 unspecified atom stereocenters. The van der Waals surface area contributed by atoms with Crippen LogP contribution in [-0.2, 0) is 11.4 Å². The van der Waals surface area contributed by atoms with Crippen LogP contribution in [0.15, 0.2) is 41.6 Å². The third kappa shape index (κ3) is 3.65. The van der Waals surface area contributed by atoms with E-state index in [0.29, 0.717) is 35.7 Å². The van der Waals surface area contributed by atoms with E-state index in [4.69, 9.17) is 14.8 Å². The molecule has 5 rings (SSSR count). The van der Waals surface area contributed by atoms with Gasteiger partial charge in [-0.25, -0.2) is 0 Å². The minimum atomic E-state index is -0.243. The molecule has 172 valence electrons. The molecule has 5 atom stereocenters. The molecule has 0 amide bonds. The zero-order valence-electron chi connectivity index (χ0n) is 19.1. The number of ether oxygens (including phenoxy) is 1. The number of fused-ring (bicyclic) bond motifs is 5. The Kier molecular flexibility index (Phi) is 5.54. The minimum Gasteiger partial charge on any atom is -0.504 e. The second-order valence-electron chi connectivity index (χ2n) is 9.95. The Morgan fingerprint density at radius 1 is 1.18 bits per heavy atom. The smallest absolute Gasteiger partial charge is 0.160 e. The van der Waals surface area contributed by atoms with Crippen molar-refractivity contribution in [3.05, 3.63) is 58.7 Å². The summed E-state index contributed by atoms with van der Waals surface area (Å²) >= 11 is 0. The summed E-state index contributed by atoms with van der Waals surface area (Å²) in [6, 6.07) is 13.1. The molecule has 2 saturated carbocycles. The Bertz CT molecular complexity index is 1120. The molecule has 0 radical (unpaired) electrons. The van der Waals surface area contributed by atoms with Crippen LogP contribution in [0.25, 0.3) is 0 Å². The van der Waals surface area contributed by atoms with Gasteiger partial charge in [0, 0.05) is 5.56 Å². The topological polar surface area (TPSA) is 95.1 Å². The maximum atomic E-state index is 10.7. The molecule has 0 saturated heterocycles. The molecule has 2 N–H and O–H groups in total. The van der Waals surface area contributed by atoms with Gasteiger partial charge >= 0.3 is 0 Å². The summed E-state index contributed by atoms with van der Waals surface area (Å²) in [5.41, 5.74) is 4.42. The molecule has 0 bridgehead atoms. The van der Waals surface area contributed by atoms with E-state index in [9.17, 15) is 10.2 Å². The standard InChI is InChI=1S/C27H30N2O4/c1-27-10-9-18-19-13-25(32-2)24(30)12-21(19)23(11-20(18)22(27)7-8-26(27)31)29-33-15-17-5-3-16(14-28)4-6-17/h3-6,12-13,18,20,22,26,30-31H,7-11,15H2,1-2H3/t18-,20-,22+,26-,27+/m1/s1. The predicted octanol–water partition coefficient (Wildman–Crippen LogP) is 4.87. The number of rotatable bonds is 4. The summed E-state index contributed by atoms with van der Waals surface area (Å²) in [4.78, 5) is 5.77. The summed E-state index contributed by atoms with van der Waals surface area (Å²) in [7, 11) is 1.57. The van der Waals surface area contributed by atoms with Gasteiger partial charge in [-0.15, -0.1) is 0 Å². The Morgan fingerprint density at radius 3 is 2.70 bits per heavy atom. The van der Waals surface area contributed by atoms with Gasteiger partial charge < -0.3 is 19.8 Å². The second-order valence-corrected chi connectivity index (χ2v) is 9.95. The largest absolute Gasteiger partial charge is 0.504 e. The van der Waals surface area contributed by atoms with E-state index < -0.39 is 0 Å². The second kappa shape index (κ2) is 8.39. The van der Waals surface area contributed by atoms with E-state index in [2.05, 4.69) is 18.1 Å². The molecule has 3 aliphatic carbocycles. The molecule has 3 aliphatic rings. The molecule has 2 aromatic rings. The van der Waals surface area contributed by atoms with Crippen LogP contribution in [0.5, 0.6) is 11.5 Å². The number of nitrogens with zero attached hydrogens (tertiary/aromatic N) is 2. The third-order valence-corrected chi connectivity index (χ3v) is 8.37. The first-order chi connectivity index (χ1) is 15.9. The summed E-state index contributed by atoms with van der Waals surface area (Å²) < 4.78 is 5.42. The van der Waals surface area contributed by atoms with Crippen molar-refractivity contribution >= 4 is 5.71 Å². The molecular weight excluding hydrogens is 416 g/mol. The van der Waals surface area contributed by atoms with Gasteiger partial charge in [0.2, 0.25) is 0 Å². The van der Waals surface area contributed by atoms with Crippen molar-refractivity contribution in [2.24, 2.45) is 22.4 Å². The molecule has 0 aromatic heterocycles. The number of aliphatic hydroxyl groups excluding tert-OH is 1. The van der Waals surface area contributed by atoms with Crippen LogP contribution in [0.1, 0.15) is 67.2 Å². The van der Waals surface area contributed by atoms with Gasteiger partial charge in [-0.05, 0) is 90.7 Å². The number of aliphatic hydroxyl groups is 1. The van der Waals surface area contributed by atoms with Gasteiger partial charge in [-0.2, -0.15) is 5.26 Å². The van der Waals surface area contributed by atoms with Gasteiger partial charge in [0.05, 0.1) is 30.6 Å². The highest BCUT2D eigenvalue weighted by Crippen LogP contribution is 2.61. The summed E-state index contributed by atoms with van der Waals surface area (Å²) in [6.45, 7) is 2.55. The number of benzene rings is 2. The maximum Gasteiger partial charge on any atom is 0.160 e. The van der Waals surface area contributed by atoms with Crippen LogP contribution in [-0.4, -0.2) is 29.1 Å². The first-order valence-corrected chi connectivity index (χ1v) is 11.7. The lowest BCUT2D eigenvalue weighted by Gasteiger charge is -2.50. The zero-order chi connectivity index (χ0) is 23.2. The number of hydrogen-bond donors (Lipinski definition) is 2. The minimum absolute atomic E-state index is 0.0475. The van der Waals surface area contributed by atoms with E-state index in [1.165, 1.54) is 0 Å². The van der Waals surface area contributed by atoms with E-state index >= 15 is 0 Å². The number of nitriles is 1. The van der Waals surface area contributed by atoms with Crippen LogP contribution in [0.3, 0.4) is 0 Å². The lowest BCUT2D eigenvalue weighted by Crippen LogP contribution is -2.45. The third-order valence-electron chi connectivity index (χ3n) is 8.37. The zero-order valence-corrected chi connectivity index (χ0v) is 19.1. The van der Waals surface area contributed by atoms with Gasteiger partial charge in [0.25, 0.3) is 0 Å². The molecule has 2 aromatic carbocycles. The highest BCUT2D eigenvalue weighted by molar-refractivity contribution is 6.03. The monoisotopic (exact) mass is 446 g/mol. The maximum absolute atomic E-state index is 10.7. The summed E-state index contributed by atoms with van der Waals surface area (Å²) in [5, 5.41) is 34.7. The molecule has 0 spiro atoms. The lowest BCUT2D eigenvalue weighted by molar-refractivity contribution is -0.0180. The van der Waals surface area contributed by atoms with Crippen molar-refractivity contribution in [1.82, 2.24) is 0 Å². The number of phenolic OH excluding ortho intramolecular Hbond substituents is 1. The number of methoxy groups -OCH3 is 1.